The van der Waals surface area contributed by atoms with E-state index in [-0.39, 0.29) is 23.8 Å². The zero-order valence-corrected chi connectivity index (χ0v) is 20.4. The smallest absolute Gasteiger partial charge is 0.254 e. The molecule has 8 heteroatoms. The molecule has 184 valence electrons. The van der Waals surface area contributed by atoms with Crippen LogP contribution in [0.25, 0.3) is 11.1 Å². The van der Waals surface area contributed by atoms with Crippen LogP contribution in [-0.4, -0.2) is 72.5 Å². The van der Waals surface area contributed by atoms with Gasteiger partial charge in [-0.15, -0.1) is 0 Å². The number of carbonyl (C=O) groups is 2. The van der Waals surface area contributed by atoms with Gasteiger partial charge in [0.25, 0.3) is 5.91 Å². The van der Waals surface area contributed by atoms with E-state index in [0.717, 1.165) is 24.0 Å². The molecule has 0 spiro atoms. The van der Waals surface area contributed by atoms with E-state index in [1.54, 1.807) is 18.9 Å². The number of hydrogen-bond donors (Lipinski definition) is 2. The summed E-state index contributed by atoms with van der Waals surface area (Å²) in [6.07, 6.45) is 2.08. The van der Waals surface area contributed by atoms with Crippen molar-refractivity contribution in [2.24, 2.45) is 10.9 Å². The van der Waals surface area contributed by atoms with Crippen molar-refractivity contribution < 1.29 is 14.4 Å². The fourth-order valence-electron chi connectivity index (χ4n) is 4.78. The Kier molecular flexibility index (Phi) is 7.92. The minimum atomic E-state index is -0.184. The molecule has 1 unspecified atom stereocenters. The normalized spacial score (nSPS) is 19.2. The molecular formula is C27H33N5O3. The van der Waals surface area contributed by atoms with Gasteiger partial charge in [0.15, 0.2) is 0 Å². The molecule has 2 amide bonds. The van der Waals surface area contributed by atoms with Crippen molar-refractivity contribution in [2.45, 2.75) is 32.2 Å². The van der Waals surface area contributed by atoms with Crippen LogP contribution in [-0.2, 0) is 9.63 Å². The number of hydrogen-bond acceptors (Lipinski definition) is 6. The third-order valence-electron chi connectivity index (χ3n) is 6.74. The van der Waals surface area contributed by atoms with E-state index in [2.05, 4.69) is 5.48 Å². The fourth-order valence-corrected chi connectivity index (χ4v) is 4.78. The summed E-state index contributed by atoms with van der Waals surface area (Å²) in [7, 11) is 1.69. The van der Waals surface area contributed by atoms with E-state index in [4.69, 9.17) is 15.2 Å². The second-order valence-corrected chi connectivity index (χ2v) is 9.10. The topological polar surface area (TPSA) is 98.1 Å². The molecule has 2 heterocycles. The molecule has 2 aromatic carbocycles. The second kappa shape index (κ2) is 11.3. The van der Waals surface area contributed by atoms with E-state index in [0.29, 0.717) is 49.8 Å². The Morgan fingerprint density at radius 2 is 1.71 bits per heavy atom. The lowest BCUT2D eigenvalue weighted by Gasteiger charge is -2.31. The van der Waals surface area contributed by atoms with Crippen LogP contribution in [0.3, 0.4) is 0 Å². The van der Waals surface area contributed by atoms with Gasteiger partial charge in [0.2, 0.25) is 11.8 Å². The number of nitrogens with one attached hydrogen (secondary N) is 2. The highest BCUT2D eigenvalue weighted by Gasteiger charge is 2.33. The van der Waals surface area contributed by atoms with Crippen molar-refractivity contribution in [1.29, 1.82) is 5.41 Å². The molecule has 0 bridgehead atoms. The molecule has 2 aromatic rings. The number of rotatable bonds is 6. The highest BCUT2D eigenvalue weighted by molar-refractivity contribution is 6.00. The molecule has 2 aliphatic heterocycles. The molecule has 0 aromatic heterocycles. The third-order valence-corrected chi connectivity index (χ3v) is 6.74. The predicted octanol–water partition coefficient (Wildman–Crippen LogP) is 3.40. The fraction of sp³-hybridized carbons (Fsp3) is 0.407. The summed E-state index contributed by atoms with van der Waals surface area (Å²) in [6.45, 7) is 3.65. The molecule has 4 rings (SSSR count). The SMILES string of the molecule is CNOC(=NCC1CC(=N)CN1C(=O)c1ccc(-c2ccccc2)cc1)C1CCN(C(C)=O)CC1. The number of benzene rings is 2. The molecule has 0 saturated carbocycles. The summed E-state index contributed by atoms with van der Waals surface area (Å²) >= 11 is 0. The van der Waals surface area contributed by atoms with Gasteiger partial charge in [-0.1, -0.05) is 42.5 Å². The first-order valence-corrected chi connectivity index (χ1v) is 12.1. The lowest BCUT2D eigenvalue weighted by molar-refractivity contribution is -0.130. The number of aliphatic imine (C=N–C) groups is 1. The summed E-state index contributed by atoms with van der Waals surface area (Å²) in [5.41, 5.74) is 6.03. The van der Waals surface area contributed by atoms with Crippen molar-refractivity contribution in [3.8, 4) is 11.1 Å². The Bertz CT molecular complexity index is 1080. The molecule has 1 atom stereocenters. The van der Waals surface area contributed by atoms with Crippen molar-refractivity contribution in [3.05, 3.63) is 60.2 Å². The monoisotopic (exact) mass is 475 g/mol. The Hall–Kier alpha value is -3.52. The predicted molar refractivity (Wildman–Crippen MR) is 136 cm³/mol. The van der Waals surface area contributed by atoms with E-state index < -0.39 is 0 Å². The van der Waals surface area contributed by atoms with Crippen molar-refractivity contribution >= 4 is 23.4 Å². The maximum Gasteiger partial charge on any atom is 0.254 e. The van der Waals surface area contributed by atoms with E-state index >= 15 is 0 Å². The van der Waals surface area contributed by atoms with E-state index in [9.17, 15) is 9.59 Å². The van der Waals surface area contributed by atoms with Gasteiger partial charge in [0.05, 0.1) is 19.1 Å². The quantitative estimate of drug-likeness (QED) is 0.380. The summed E-state index contributed by atoms with van der Waals surface area (Å²) in [4.78, 5) is 38.9. The molecule has 2 saturated heterocycles. The van der Waals surface area contributed by atoms with Crippen LogP contribution in [0.4, 0.5) is 0 Å². The number of hydroxylamine groups is 1. The maximum atomic E-state index is 13.3. The largest absolute Gasteiger partial charge is 0.393 e. The van der Waals surface area contributed by atoms with Crippen LogP contribution >= 0.6 is 0 Å². The van der Waals surface area contributed by atoms with Gasteiger partial charge in [-0.3, -0.25) is 14.6 Å². The average Bonchev–Trinajstić information content (AvgIpc) is 3.27. The minimum absolute atomic E-state index is 0.0853. The van der Waals surface area contributed by atoms with Crippen molar-refractivity contribution in [3.63, 3.8) is 0 Å². The van der Waals surface area contributed by atoms with Gasteiger partial charge in [0, 0.05) is 50.7 Å². The number of carbonyl (C=O) groups excluding carboxylic acids is 2. The molecule has 2 aliphatic rings. The number of likely N-dealkylation sites (tertiary alicyclic amines) is 2. The van der Waals surface area contributed by atoms with Crippen molar-refractivity contribution in [2.75, 3.05) is 33.2 Å². The Balaban J connectivity index is 1.44. The van der Waals surface area contributed by atoms with E-state index in [1.165, 1.54) is 0 Å². The van der Waals surface area contributed by atoms with Gasteiger partial charge in [-0.25, -0.2) is 0 Å². The van der Waals surface area contributed by atoms with E-state index in [1.807, 2.05) is 59.5 Å². The second-order valence-electron chi connectivity index (χ2n) is 9.10. The minimum Gasteiger partial charge on any atom is -0.393 e. The lowest BCUT2D eigenvalue weighted by atomic mass is 9.96. The zero-order chi connectivity index (χ0) is 24.8. The van der Waals surface area contributed by atoms with Gasteiger partial charge < -0.3 is 20.0 Å². The van der Waals surface area contributed by atoms with Crippen LogP contribution in [0.1, 0.15) is 36.5 Å². The number of nitrogens with zero attached hydrogens (tertiary/aromatic N) is 3. The highest BCUT2D eigenvalue weighted by Crippen LogP contribution is 2.24. The van der Waals surface area contributed by atoms with Crippen LogP contribution in [0.2, 0.25) is 0 Å². The first kappa shape index (κ1) is 24.6. The Morgan fingerprint density at radius 1 is 1.06 bits per heavy atom. The van der Waals surface area contributed by atoms with Crippen LogP contribution < -0.4 is 5.48 Å². The number of amides is 2. The molecular weight excluding hydrogens is 442 g/mol. The number of piperidine rings is 1. The molecule has 0 aliphatic carbocycles. The maximum absolute atomic E-state index is 13.3. The summed E-state index contributed by atoms with van der Waals surface area (Å²) in [6, 6.07) is 17.5. The summed E-state index contributed by atoms with van der Waals surface area (Å²) in [5, 5.41) is 8.21. The summed E-state index contributed by atoms with van der Waals surface area (Å²) < 4.78 is 0. The van der Waals surface area contributed by atoms with Gasteiger partial charge in [0.1, 0.15) is 0 Å². The van der Waals surface area contributed by atoms with Crippen LogP contribution in [0, 0.1) is 11.3 Å². The summed E-state index contributed by atoms with van der Waals surface area (Å²) in [5.74, 6) is 0.729. The average molecular weight is 476 g/mol. The molecule has 8 nitrogen and oxygen atoms in total. The Labute approximate surface area is 206 Å². The standard InChI is InChI=1S/C27H33N5O3/c1-19(33)31-14-12-22(13-15-31)26(35-29-2)30-17-25-16-24(28)18-32(25)27(34)23-10-8-21(9-11-23)20-6-4-3-5-7-20/h3-11,22,25,28-29H,12-18H2,1-2H3. The molecule has 2 N–H and O–H groups in total. The highest BCUT2D eigenvalue weighted by atomic mass is 16.7. The molecule has 0 radical (unpaired) electrons. The van der Waals surface area contributed by atoms with Crippen LogP contribution in [0.5, 0.6) is 0 Å². The molecule has 35 heavy (non-hydrogen) atoms. The van der Waals surface area contributed by atoms with Gasteiger partial charge in [-0.05, 0) is 36.1 Å². The lowest BCUT2D eigenvalue weighted by Crippen LogP contribution is -2.41. The first-order valence-electron chi connectivity index (χ1n) is 12.1. The van der Waals surface area contributed by atoms with Gasteiger partial charge >= 0.3 is 0 Å². The van der Waals surface area contributed by atoms with Crippen molar-refractivity contribution in [1.82, 2.24) is 15.3 Å². The third kappa shape index (κ3) is 5.95. The van der Waals surface area contributed by atoms with Crippen LogP contribution in [0.15, 0.2) is 59.6 Å². The Morgan fingerprint density at radius 3 is 2.34 bits per heavy atom. The first-order chi connectivity index (χ1) is 17.0. The zero-order valence-electron chi connectivity index (χ0n) is 20.4. The van der Waals surface area contributed by atoms with Gasteiger partial charge in [-0.2, -0.15) is 5.48 Å². The molecule has 2 fully saturated rings.